The smallest absolute Gasteiger partial charge is 0.0979 e. The second-order valence-corrected chi connectivity index (χ2v) is 14.5. The quantitative estimate of drug-likeness (QED) is 0.170. The Balaban J connectivity index is 1.08. The maximum atomic E-state index is 5.57. The molecule has 260 valence electrons. The first-order chi connectivity index (χ1) is 27.8. The number of rotatable bonds is 4. The number of benzene rings is 9. The van der Waals surface area contributed by atoms with E-state index in [1.165, 1.54) is 54.4 Å². The molecule has 0 atom stereocenters. The molecule has 3 aromatic heterocycles. The van der Waals surface area contributed by atoms with Crippen molar-refractivity contribution in [3.63, 3.8) is 0 Å². The zero-order valence-corrected chi connectivity index (χ0v) is 30.3. The molecule has 12 aromatic rings. The molecule has 4 heteroatoms. The Hall–Kier alpha value is -7.56. The molecular formula is C52H32N4. The van der Waals surface area contributed by atoms with Crippen LogP contribution in [0.1, 0.15) is 0 Å². The molecule has 0 saturated carbocycles. The van der Waals surface area contributed by atoms with Gasteiger partial charge in [-0.15, -0.1) is 0 Å². The van der Waals surface area contributed by atoms with E-state index in [1.807, 2.05) is 0 Å². The van der Waals surface area contributed by atoms with Crippen molar-refractivity contribution in [1.82, 2.24) is 19.1 Å². The van der Waals surface area contributed by atoms with Crippen LogP contribution in [-0.2, 0) is 0 Å². The molecule has 4 nitrogen and oxygen atoms in total. The van der Waals surface area contributed by atoms with Crippen LogP contribution in [0.15, 0.2) is 194 Å². The number of para-hydroxylation sites is 4. The number of hydrogen-bond acceptors (Lipinski definition) is 2. The molecule has 0 aliphatic rings. The Labute approximate surface area is 322 Å². The highest BCUT2D eigenvalue weighted by Crippen LogP contribution is 2.40. The van der Waals surface area contributed by atoms with Gasteiger partial charge in [0, 0.05) is 54.8 Å². The zero-order valence-electron chi connectivity index (χ0n) is 30.3. The van der Waals surface area contributed by atoms with Gasteiger partial charge in [-0.1, -0.05) is 146 Å². The lowest BCUT2D eigenvalue weighted by atomic mass is 9.97. The summed E-state index contributed by atoms with van der Waals surface area (Å²) < 4.78 is 4.71. The topological polar surface area (TPSA) is 35.6 Å². The summed E-state index contributed by atoms with van der Waals surface area (Å²) in [6.45, 7) is 0. The Morgan fingerprint density at radius 2 is 0.518 bits per heavy atom. The van der Waals surface area contributed by atoms with Gasteiger partial charge in [0.05, 0.1) is 44.5 Å². The van der Waals surface area contributed by atoms with E-state index in [9.17, 15) is 0 Å². The average Bonchev–Trinajstić information content (AvgIpc) is 3.79. The summed E-state index contributed by atoms with van der Waals surface area (Å²) >= 11 is 0. The van der Waals surface area contributed by atoms with Gasteiger partial charge in [0.25, 0.3) is 0 Å². The predicted octanol–water partition coefficient (Wildman–Crippen LogP) is 13.5. The van der Waals surface area contributed by atoms with Crippen LogP contribution in [-0.4, -0.2) is 19.1 Å². The fourth-order valence-corrected chi connectivity index (χ4v) is 9.00. The minimum Gasteiger partial charge on any atom is -0.309 e. The van der Waals surface area contributed by atoms with Gasteiger partial charge in [-0.3, -0.25) is 0 Å². The lowest BCUT2D eigenvalue weighted by Crippen LogP contribution is -1.99. The van der Waals surface area contributed by atoms with Gasteiger partial charge in [0.1, 0.15) is 0 Å². The highest BCUT2D eigenvalue weighted by molar-refractivity contribution is 6.23. The minimum absolute atomic E-state index is 0.858. The van der Waals surface area contributed by atoms with Crippen LogP contribution in [0.4, 0.5) is 0 Å². The molecule has 0 saturated heterocycles. The molecule has 0 fully saturated rings. The Morgan fingerprint density at radius 3 is 0.839 bits per heavy atom. The minimum atomic E-state index is 0.858. The first kappa shape index (κ1) is 30.9. The van der Waals surface area contributed by atoms with Gasteiger partial charge in [-0.05, 0) is 59.3 Å². The van der Waals surface area contributed by atoms with Crippen molar-refractivity contribution < 1.29 is 0 Å². The molecule has 3 heterocycles. The van der Waals surface area contributed by atoms with Crippen molar-refractivity contribution in [3.05, 3.63) is 194 Å². The highest BCUT2D eigenvalue weighted by atomic mass is 15.0. The molecule has 0 aliphatic heterocycles. The van der Waals surface area contributed by atoms with Crippen LogP contribution in [0.5, 0.6) is 0 Å². The summed E-state index contributed by atoms with van der Waals surface area (Å²) in [5, 5.41) is 9.56. The van der Waals surface area contributed by atoms with Crippen molar-refractivity contribution in [2.24, 2.45) is 0 Å². The lowest BCUT2D eigenvalue weighted by molar-refractivity contribution is 1.18. The van der Waals surface area contributed by atoms with Gasteiger partial charge >= 0.3 is 0 Å². The second kappa shape index (κ2) is 12.0. The largest absolute Gasteiger partial charge is 0.309 e. The summed E-state index contributed by atoms with van der Waals surface area (Å²) in [6.07, 6.45) is 0. The van der Waals surface area contributed by atoms with E-state index in [0.29, 0.717) is 0 Å². The first-order valence-electron chi connectivity index (χ1n) is 19.1. The van der Waals surface area contributed by atoms with Crippen LogP contribution >= 0.6 is 0 Å². The van der Waals surface area contributed by atoms with Crippen LogP contribution < -0.4 is 0 Å². The van der Waals surface area contributed by atoms with E-state index >= 15 is 0 Å². The molecule has 0 amide bonds. The van der Waals surface area contributed by atoms with Gasteiger partial charge in [-0.25, -0.2) is 9.97 Å². The molecule has 12 rings (SSSR count). The summed E-state index contributed by atoms with van der Waals surface area (Å²) in [4.78, 5) is 11.1. The van der Waals surface area contributed by atoms with Crippen molar-refractivity contribution in [2.45, 2.75) is 0 Å². The Morgan fingerprint density at radius 1 is 0.250 bits per heavy atom. The predicted molar refractivity (Wildman–Crippen MR) is 234 cm³/mol. The van der Waals surface area contributed by atoms with Crippen LogP contribution in [0, 0.1) is 0 Å². The standard InChI is InChI=1S/C52H32N4/c1-3-19-43-37(13-1)38-14-2-4-20-44(38)52-51(43)53-49(33-25-29-35(30-26-33)55-45-21-9-5-15-39(45)40-16-6-10-22-46(40)55)50(54-52)34-27-31-36(32-28-34)56-47-23-11-7-17-41(47)42-18-8-12-24-48(42)56/h1-32H. The Kier molecular flexibility index (Phi) is 6.60. The van der Waals surface area contributed by atoms with Crippen LogP contribution in [0.3, 0.4) is 0 Å². The molecule has 0 spiro atoms. The van der Waals surface area contributed by atoms with Crippen molar-refractivity contribution >= 4 is 76.2 Å². The fourth-order valence-electron chi connectivity index (χ4n) is 9.00. The molecule has 0 aliphatic carbocycles. The van der Waals surface area contributed by atoms with Gasteiger partial charge in [0.15, 0.2) is 0 Å². The maximum absolute atomic E-state index is 5.57. The third-order valence-corrected chi connectivity index (χ3v) is 11.5. The third-order valence-electron chi connectivity index (χ3n) is 11.5. The summed E-state index contributed by atoms with van der Waals surface area (Å²) in [6, 6.07) is 69.4. The van der Waals surface area contributed by atoms with Crippen molar-refractivity contribution in [1.29, 1.82) is 0 Å². The number of fused-ring (bicyclic) bond motifs is 12. The molecule has 0 unspecified atom stereocenters. The number of hydrogen-bond donors (Lipinski definition) is 0. The molecule has 0 bridgehead atoms. The normalized spacial score (nSPS) is 11.9. The summed E-state index contributed by atoms with van der Waals surface area (Å²) in [5.41, 5.74) is 12.5. The van der Waals surface area contributed by atoms with E-state index in [0.717, 1.165) is 55.7 Å². The summed E-state index contributed by atoms with van der Waals surface area (Å²) in [5.74, 6) is 0. The third kappa shape index (κ3) is 4.47. The Bertz CT molecular complexity index is 3170. The molecule has 9 aromatic carbocycles. The van der Waals surface area contributed by atoms with E-state index in [-0.39, 0.29) is 0 Å². The molecule has 0 N–H and O–H groups in total. The van der Waals surface area contributed by atoms with E-state index in [2.05, 4.69) is 203 Å². The van der Waals surface area contributed by atoms with E-state index in [1.54, 1.807) is 0 Å². The van der Waals surface area contributed by atoms with Gasteiger partial charge in [-0.2, -0.15) is 0 Å². The molecule has 0 radical (unpaired) electrons. The van der Waals surface area contributed by atoms with Crippen molar-refractivity contribution in [3.8, 4) is 33.9 Å². The van der Waals surface area contributed by atoms with E-state index in [4.69, 9.17) is 9.97 Å². The molecular weight excluding hydrogens is 681 g/mol. The highest BCUT2D eigenvalue weighted by Gasteiger charge is 2.19. The van der Waals surface area contributed by atoms with Gasteiger partial charge in [0.2, 0.25) is 0 Å². The fraction of sp³-hybridized carbons (Fsp3) is 0. The molecule has 56 heavy (non-hydrogen) atoms. The second-order valence-electron chi connectivity index (χ2n) is 14.5. The maximum Gasteiger partial charge on any atom is 0.0979 e. The van der Waals surface area contributed by atoms with Crippen LogP contribution in [0.25, 0.3) is 110 Å². The summed E-state index contributed by atoms with van der Waals surface area (Å²) in [7, 11) is 0. The first-order valence-corrected chi connectivity index (χ1v) is 19.1. The number of aromatic nitrogens is 4. The number of nitrogens with zero attached hydrogens (tertiary/aromatic N) is 4. The monoisotopic (exact) mass is 712 g/mol. The van der Waals surface area contributed by atoms with Crippen LogP contribution in [0.2, 0.25) is 0 Å². The SMILES string of the molecule is c1ccc2c(c1)c1ccccc1c1nc(-c3ccc(-n4c5ccccc5c5ccccc54)cc3)c(-c3ccc(-n4c5ccccc5c5ccccc54)cc3)nc21. The zero-order chi connectivity index (χ0) is 36.7. The average molecular weight is 713 g/mol. The lowest BCUT2D eigenvalue weighted by Gasteiger charge is -2.16. The van der Waals surface area contributed by atoms with Crippen molar-refractivity contribution in [2.75, 3.05) is 0 Å². The van der Waals surface area contributed by atoms with E-state index < -0.39 is 0 Å². The van der Waals surface area contributed by atoms with Gasteiger partial charge < -0.3 is 9.13 Å².